The van der Waals surface area contributed by atoms with Crippen LogP contribution < -0.4 is 14.8 Å². The van der Waals surface area contributed by atoms with Gasteiger partial charge in [0.1, 0.15) is 12.4 Å². The Morgan fingerprint density at radius 2 is 2.14 bits per heavy atom. The lowest BCUT2D eigenvalue weighted by molar-refractivity contribution is -0.116. The number of ether oxygens (including phenoxy) is 2. The molecule has 2 aromatic carbocycles. The number of hydrogen-bond acceptors (Lipinski definition) is 4. The number of carbonyl (C=O) groups is 1. The first kappa shape index (κ1) is 19.1. The van der Waals surface area contributed by atoms with E-state index in [-0.39, 0.29) is 18.2 Å². The largest absolute Gasteiger partial charge is 0.493 e. The third-order valence-corrected chi connectivity index (χ3v) is 5.06. The molecule has 4 rings (SSSR count). The molecule has 29 heavy (non-hydrogen) atoms. The Morgan fingerprint density at radius 1 is 1.31 bits per heavy atom. The number of aromatic nitrogens is 2. The number of nitrogens with zero attached hydrogens (tertiary/aromatic N) is 2. The minimum Gasteiger partial charge on any atom is -0.493 e. The summed E-state index contributed by atoms with van der Waals surface area (Å²) in [4.78, 5) is 12.6. The molecule has 1 aliphatic heterocycles. The Morgan fingerprint density at radius 3 is 2.90 bits per heavy atom. The van der Waals surface area contributed by atoms with E-state index in [1.807, 2.05) is 30.3 Å². The van der Waals surface area contributed by atoms with Gasteiger partial charge in [0.15, 0.2) is 11.5 Å². The van der Waals surface area contributed by atoms with Crippen molar-refractivity contribution in [2.45, 2.75) is 12.3 Å². The molecule has 1 atom stereocenters. The standard InChI is InChI=1S/C22H20ClN3O3/c1-3-10-29-21-16(8-5-9-19(21)28-2)17-12-20(27)25-22-18(17)13-24-26(22)15-7-4-6-14(23)11-15/h3-9,11,13,17H,1,10,12H2,2H3,(H,25,27). The smallest absolute Gasteiger partial charge is 0.226 e. The van der Waals surface area contributed by atoms with Crippen LogP contribution in [0.1, 0.15) is 23.5 Å². The number of carbonyl (C=O) groups excluding carboxylic acids is 1. The number of anilines is 1. The molecule has 0 radical (unpaired) electrons. The third-order valence-electron chi connectivity index (χ3n) is 4.82. The molecule has 7 heteroatoms. The molecule has 1 unspecified atom stereocenters. The van der Waals surface area contributed by atoms with Crippen LogP contribution in [0.4, 0.5) is 5.82 Å². The van der Waals surface area contributed by atoms with Gasteiger partial charge in [0.2, 0.25) is 5.91 Å². The third kappa shape index (κ3) is 3.59. The van der Waals surface area contributed by atoms with E-state index in [4.69, 9.17) is 21.1 Å². The van der Waals surface area contributed by atoms with Crippen molar-refractivity contribution in [1.82, 2.24) is 9.78 Å². The summed E-state index contributed by atoms with van der Waals surface area (Å²) >= 11 is 6.13. The van der Waals surface area contributed by atoms with E-state index in [9.17, 15) is 4.79 Å². The fourth-order valence-corrected chi connectivity index (χ4v) is 3.75. The van der Waals surface area contributed by atoms with Gasteiger partial charge in [-0.25, -0.2) is 4.68 Å². The highest BCUT2D eigenvalue weighted by Gasteiger charge is 2.33. The monoisotopic (exact) mass is 409 g/mol. The second-order valence-corrected chi connectivity index (χ2v) is 7.06. The first-order valence-corrected chi connectivity index (χ1v) is 9.54. The van der Waals surface area contributed by atoms with E-state index < -0.39 is 0 Å². The molecule has 1 aromatic heterocycles. The fourth-order valence-electron chi connectivity index (χ4n) is 3.57. The molecule has 0 saturated heterocycles. The van der Waals surface area contributed by atoms with E-state index >= 15 is 0 Å². The summed E-state index contributed by atoms with van der Waals surface area (Å²) in [5.74, 6) is 1.53. The molecular weight excluding hydrogens is 390 g/mol. The molecule has 1 N–H and O–H groups in total. The van der Waals surface area contributed by atoms with Gasteiger partial charge in [-0.1, -0.05) is 42.5 Å². The normalized spacial score (nSPS) is 15.4. The van der Waals surface area contributed by atoms with Gasteiger partial charge >= 0.3 is 0 Å². The van der Waals surface area contributed by atoms with Gasteiger partial charge in [-0.15, -0.1) is 0 Å². The predicted octanol–water partition coefficient (Wildman–Crippen LogP) is 4.57. The average molecular weight is 410 g/mol. The second kappa shape index (κ2) is 8.01. The van der Waals surface area contributed by atoms with Gasteiger partial charge in [0, 0.05) is 28.5 Å². The van der Waals surface area contributed by atoms with Gasteiger partial charge in [-0.3, -0.25) is 4.79 Å². The van der Waals surface area contributed by atoms with Gasteiger partial charge in [0.05, 0.1) is 19.0 Å². The number of hydrogen-bond donors (Lipinski definition) is 1. The summed E-state index contributed by atoms with van der Waals surface area (Å²) in [7, 11) is 1.59. The Kier molecular flexibility index (Phi) is 5.27. The van der Waals surface area contributed by atoms with Crippen molar-refractivity contribution in [2.24, 2.45) is 0 Å². The molecular formula is C22H20ClN3O3. The molecule has 0 aliphatic carbocycles. The van der Waals surface area contributed by atoms with E-state index in [0.717, 1.165) is 16.8 Å². The maximum Gasteiger partial charge on any atom is 0.226 e. The molecule has 0 saturated carbocycles. The molecule has 0 spiro atoms. The highest BCUT2D eigenvalue weighted by Crippen LogP contribution is 2.44. The summed E-state index contributed by atoms with van der Waals surface area (Å²) < 4.78 is 13.1. The van der Waals surface area contributed by atoms with E-state index in [0.29, 0.717) is 28.9 Å². The highest BCUT2D eigenvalue weighted by molar-refractivity contribution is 6.30. The topological polar surface area (TPSA) is 65.4 Å². The highest BCUT2D eigenvalue weighted by atomic mass is 35.5. The van der Waals surface area contributed by atoms with Gasteiger partial charge < -0.3 is 14.8 Å². The maximum atomic E-state index is 12.6. The van der Waals surface area contributed by atoms with Crippen molar-refractivity contribution in [3.05, 3.63) is 77.5 Å². The number of rotatable bonds is 6. The SMILES string of the molecule is C=CCOc1c(OC)cccc1C1CC(=O)Nc2c1cnn2-c1cccc(Cl)c1. The summed E-state index contributed by atoms with van der Waals surface area (Å²) in [6.07, 6.45) is 3.73. The number of fused-ring (bicyclic) bond motifs is 1. The van der Waals surface area contributed by atoms with Crippen molar-refractivity contribution in [3.8, 4) is 17.2 Å². The quantitative estimate of drug-likeness (QED) is 0.605. The fraction of sp³-hybridized carbons (Fsp3) is 0.182. The van der Waals surface area contributed by atoms with Crippen molar-refractivity contribution in [3.63, 3.8) is 0 Å². The first-order valence-electron chi connectivity index (χ1n) is 9.16. The second-order valence-electron chi connectivity index (χ2n) is 6.62. The van der Waals surface area contributed by atoms with Crippen LogP contribution in [0.2, 0.25) is 5.02 Å². The van der Waals surface area contributed by atoms with E-state index in [2.05, 4.69) is 17.0 Å². The Hall–Kier alpha value is -3.25. The summed E-state index contributed by atoms with van der Waals surface area (Å²) in [5, 5.41) is 8.05. The number of halogens is 1. The molecule has 2 heterocycles. The van der Waals surface area contributed by atoms with Crippen LogP contribution in [0.25, 0.3) is 5.69 Å². The zero-order valence-electron chi connectivity index (χ0n) is 15.9. The minimum absolute atomic E-state index is 0.0937. The Bertz CT molecular complexity index is 1080. The minimum atomic E-state index is -0.221. The summed E-state index contributed by atoms with van der Waals surface area (Å²) in [5.41, 5.74) is 2.54. The van der Waals surface area contributed by atoms with Crippen LogP contribution >= 0.6 is 11.6 Å². The van der Waals surface area contributed by atoms with Crippen molar-refractivity contribution < 1.29 is 14.3 Å². The molecule has 6 nitrogen and oxygen atoms in total. The van der Waals surface area contributed by atoms with Gasteiger partial charge in [-0.2, -0.15) is 5.10 Å². The first-order chi connectivity index (χ1) is 14.1. The molecule has 1 aliphatic rings. The lowest BCUT2D eigenvalue weighted by atomic mass is 9.86. The van der Waals surface area contributed by atoms with Crippen molar-refractivity contribution in [1.29, 1.82) is 0 Å². The zero-order valence-corrected chi connectivity index (χ0v) is 16.6. The van der Waals surface area contributed by atoms with Gasteiger partial charge in [0.25, 0.3) is 0 Å². The van der Waals surface area contributed by atoms with Crippen LogP contribution in [0.3, 0.4) is 0 Å². The number of methoxy groups -OCH3 is 1. The van der Waals surface area contributed by atoms with Crippen LogP contribution in [0, 0.1) is 0 Å². The zero-order chi connectivity index (χ0) is 20.4. The summed E-state index contributed by atoms with van der Waals surface area (Å²) in [6.45, 7) is 4.05. The van der Waals surface area contributed by atoms with E-state index in [1.54, 1.807) is 36.2 Å². The number of para-hydroxylation sites is 1. The van der Waals surface area contributed by atoms with Crippen molar-refractivity contribution in [2.75, 3.05) is 19.0 Å². The van der Waals surface area contributed by atoms with Crippen LogP contribution in [-0.2, 0) is 4.79 Å². The lowest BCUT2D eigenvalue weighted by Gasteiger charge is -2.26. The maximum absolute atomic E-state index is 12.6. The van der Waals surface area contributed by atoms with Gasteiger partial charge in [-0.05, 0) is 24.3 Å². The van der Waals surface area contributed by atoms with Crippen LogP contribution in [0.5, 0.6) is 11.5 Å². The summed E-state index contributed by atoms with van der Waals surface area (Å²) in [6, 6.07) is 13.0. The molecule has 0 bridgehead atoms. The predicted molar refractivity (Wildman–Crippen MR) is 112 cm³/mol. The average Bonchev–Trinajstić information content (AvgIpc) is 3.15. The lowest BCUT2D eigenvalue weighted by Crippen LogP contribution is -2.25. The molecule has 0 fully saturated rings. The molecule has 3 aromatic rings. The number of nitrogens with one attached hydrogen (secondary N) is 1. The van der Waals surface area contributed by atoms with Crippen LogP contribution in [0.15, 0.2) is 61.3 Å². The van der Waals surface area contributed by atoms with Crippen LogP contribution in [-0.4, -0.2) is 29.4 Å². The Balaban J connectivity index is 1.83. The molecule has 148 valence electrons. The van der Waals surface area contributed by atoms with E-state index in [1.165, 1.54) is 0 Å². The van der Waals surface area contributed by atoms with Crippen molar-refractivity contribution >= 4 is 23.3 Å². The number of amides is 1. The number of benzene rings is 2. The molecule has 1 amide bonds. The Labute approximate surface area is 173 Å².